The van der Waals surface area contributed by atoms with Gasteiger partial charge in [-0.25, -0.2) is 0 Å². The van der Waals surface area contributed by atoms with Crippen molar-refractivity contribution in [3.63, 3.8) is 0 Å². The van der Waals surface area contributed by atoms with Crippen LogP contribution in [0, 0.1) is 5.92 Å². The second-order valence-corrected chi connectivity index (χ2v) is 4.62. The van der Waals surface area contributed by atoms with E-state index in [-0.39, 0.29) is 5.91 Å². The van der Waals surface area contributed by atoms with Gasteiger partial charge in [0.05, 0.1) is 0 Å². The van der Waals surface area contributed by atoms with Gasteiger partial charge in [0.2, 0.25) is 5.91 Å². The topological polar surface area (TPSA) is 32.3 Å². The van der Waals surface area contributed by atoms with E-state index in [1.165, 1.54) is 31.8 Å². The highest BCUT2D eigenvalue weighted by Crippen LogP contribution is 2.29. The lowest BCUT2D eigenvalue weighted by Crippen LogP contribution is -2.39. The van der Waals surface area contributed by atoms with Gasteiger partial charge in [0.15, 0.2) is 0 Å². The van der Waals surface area contributed by atoms with Gasteiger partial charge >= 0.3 is 0 Å². The number of carbonyl (C=O) groups excluding carboxylic acids is 1. The second-order valence-electron chi connectivity index (χ2n) is 4.62. The molecule has 2 aliphatic rings. The molecule has 1 aliphatic heterocycles. The smallest absolute Gasteiger partial charge is 0.246 e. The maximum atomic E-state index is 11.7. The number of rotatable bonds is 4. The highest BCUT2D eigenvalue weighted by molar-refractivity contribution is 5.87. The number of carbonyl (C=O) groups is 1. The summed E-state index contributed by atoms with van der Waals surface area (Å²) in [6, 6.07) is 0.519. The van der Waals surface area contributed by atoms with Crippen LogP contribution in [0.1, 0.15) is 25.7 Å². The van der Waals surface area contributed by atoms with E-state index in [1.807, 2.05) is 4.90 Å². The predicted octanol–water partition coefficient (Wildman–Crippen LogP) is 1.16. The average Bonchev–Trinajstić information content (AvgIpc) is 3.10. The van der Waals surface area contributed by atoms with Gasteiger partial charge in [0, 0.05) is 12.6 Å². The van der Waals surface area contributed by atoms with E-state index in [9.17, 15) is 4.79 Å². The van der Waals surface area contributed by atoms with Crippen molar-refractivity contribution in [3.8, 4) is 0 Å². The number of nitrogens with one attached hydrogen (secondary N) is 1. The van der Waals surface area contributed by atoms with Gasteiger partial charge in [-0.3, -0.25) is 4.79 Å². The van der Waals surface area contributed by atoms with E-state index in [1.54, 1.807) is 0 Å². The average molecular weight is 208 g/mol. The zero-order valence-electron chi connectivity index (χ0n) is 9.24. The Morgan fingerprint density at radius 1 is 1.33 bits per heavy atom. The predicted molar refractivity (Wildman–Crippen MR) is 60.5 cm³/mol. The summed E-state index contributed by atoms with van der Waals surface area (Å²) >= 11 is 0. The van der Waals surface area contributed by atoms with Crippen LogP contribution in [0.5, 0.6) is 0 Å². The van der Waals surface area contributed by atoms with E-state index in [4.69, 9.17) is 0 Å². The molecule has 15 heavy (non-hydrogen) atoms. The van der Waals surface area contributed by atoms with E-state index >= 15 is 0 Å². The quantitative estimate of drug-likeness (QED) is 0.703. The van der Waals surface area contributed by atoms with Crippen LogP contribution in [0.2, 0.25) is 0 Å². The van der Waals surface area contributed by atoms with Gasteiger partial charge in [-0.15, -0.1) is 0 Å². The molecule has 0 spiro atoms. The maximum absolute atomic E-state index is 11.7. The van der Waals surface area contributed by atoms with Crippen LogP contribution in [0.3, 0.4) is 0 Å². The Bertz CT molecular complexity index is 242. The van der Waals surface area contributed by atoms with Crippen molar-refractivity contribution in [1.29, 1.82) is 0 Å². The summed E-state index contributed by atoms with van der Waals surface area (Å²) in [5.41, 5.74) is 0. The zero-order chi connectivity index (χ0) is 10.7. The summed E-state index contributed by atoms with van der Waals surface area (Å²) in [7, 11) is 0. The summed E-state index contributed by atoms with van der Waals surface area (Å²) < 4.78 is 0. The molecule has 0 aromatic rings. The molecule has 1 aliphatic carbocycles. The third-order valence-corrected chi connectivity index (χ3v) is 3.36. The van der Waals surface area contributed by atoms with Crippen molar-refractivity contribution in [2.75, 3.05) is 19.6 Å². The Morgan fingerprint density at radius 3 is 2.53 bits per heavy atom. The normalized spacial score (nSPS) is 22.4. The van der Waals surface area contributed by atoms with Crippen LogP contribution in [0.15, 0.2) is 12.7 Å². The third kappa shape index (κ3) is 2.81. The molecule has 3 nitrogen and oxygen atoms in total. The van der Waals surface area contributed by atoms with Crippen LogP contribution in [0.25, 0.3) is 0 Å². The van der Waals surface area contributed by atoms with E-state index in [0.717, 1.165) is 19.6 Å². The fourth-order valence-electron chi connectivity index (χ4n) is 2.26. The minimum Gasteiger partial charge on any atom is -0.336 e. The van der Waals surface area contributed by atoms with Gasteiger partial charge in [0.1, 0.15) is 0 Å². The molecule has 2 rings (SSSR count). The monoisotopic (exact) mass is 208 g/mol. The molecule has 3 heteroatoms. The Morgan fingerprint density at radius 2 is 2.00 bits per heavy atom. The van der Waals surface area contributed by atoms with Gasteiger partial charge in [-0.2, -0.15) is 0 Å². The first-order chi connectivity index (χ1) is 7.31. The minimum absolute atomic E-state index is 0.121. The van der Waals surface area contributed by atoms with E-state index < -0.39 is 0 Å². The summed E-state index contributed by atoms with van der Waals surface area (Å²) in [6.07, 6.45) is 6.23. The fourth-order valence-corrected chi connectivity index (χ4v) is 2.26. The number of hydrogen-bond donors (Lipinski definition) is 1. The van der Waals surface area contributed by atoms with E-state index in [2.05, 4.69) is 11.9 Å². The third-order valence-electron chi connectivity index (χ3n) is 3.36. The number of piperidine rings is 1. The fraction of sp³-hybridized carbons (Fsp3) is 0.750. The summed E-state index contributed by atoms with van der Waals surface area (Å²) in [4.78, 5) is 13.7. The van der Waals surface area contributed by atoms with Crippen molar-refractivity contribution in [1.82, 2.24) is 10.2 Å². The lowest BCUT2D eigenvalue weighted by molar-refractivity contribution is -0.127. The first-order valence-electron chi connectivity index (χ1n) is 5.95. The SMILES string of the molecule is C=CC(=O)N(CC1CCNCC1)C1CC1. The molecule has 1 amide bonds. The number of nitrogens with zero attached hydrogens (tertiary/aromatic N) is 1. The molecule has 0 aromatic heterocycles. The Kier molecular flexibility index (Phi) is 3.41. The Balaban J connectivity index is 1.87. The van der Waals surface area contributed by atoms with Crippen LogP contribution >= 0.6 is 0 Å². The molecule has 1 saturated heterocycles. The molecule has 0 bridgehead atoms. The molecule has 0 aromatic carbocycles. The van der Waals surface area contributed by atoms with Gasteiger partial charge < -0.3 is 10.2 Å². The molecule has 1 heterocycles. The molecule has 0 unspecified atom stereocenters. The van der Waals surface area contributed by atoms with Crippen LogP contribution in [0.4, 0.5) is 0 Å². The Labute approximate surface area is 91.5 Å². The molecular formula is C12H20N2O. The van der Waals surface area contributed by atoms with Gasteiger partial charge in [-0.1, -0.05) is 6.58 Å². The van der Waals surface area contributed by atoms with Crippen molar-refractivity contribution >= 4 is 5.91 Å². The largest absolute Gasteiger partial charge is 0.336 e. The molecule has 1 N–H and O–H groups in total. The highest BCUT2D eigenvalue weighted by atomic mass is 16.2. The first kappa shape index (κ1) is 10.7. The summed E-state index contributed by atoms with van der Waals surface area (Å²) in [5.74, 6) is 0.812. The first-order valence-corrected chi connectivity index (χ1v) is 5.95. The highest BCUT2D eigenvalue weighted by Gasteiger charge is 2.32. The van der Waals surface area contributed by atoms with Crippen molar-refractivity contribution in [2.24, 2.45) is 5.92 Å². The van der Waals surface area contributed by atoms with Crippen LogP contribution in [-0.4, -0.2) is 36.5 Å². The maximum Gasteiger partial charge on any atom is 0.246 e. The number of amides is 1. The number of hydrogen-bond acceptors (Lipinski definition) is 2. The summed E-state index contributed by atoms with van der Waals surface area (Å²) in [5, 5.41) is 3.35. The second kappa shape index (κ2) is 4.79. The van der Waals surface area contributed by atoms with Crippen molar-refractivity contribution < 1.29 is 4.79 Å². The molecule has 2 fully saturated rings. The lowest BCUT2D eigenvalue weighted by atomic mass is 9.97. The van der Waals surface area contributed by atoms with Crippen LogP contribution in [-0.2, 0) is 4.79 Å². The summed E-state index contributed by atoms with van der Waals surface area (Å²) in [6.45, 7) is 6.73. The molecule has 1 saturated carbocycles. The van der Waals surface area contributed by atoms with Gasteiger partial charge in [-0.05, 0) is 50.8 Å². The van der Waals surface area contributed by atoms with E-state index in [0.29, 0.717) is 12.0 Å². The zero-order valence-corrected chi connectivity index (χ0v) is 9.24. The standard InChI is InChI=1S/C12H20N2O/c1-2-12(15)14(11-3-4-11)9-10-5-7-13-8-6-10/h2,10-11,13H,1,3-9H2. The minimum atomic E-state index is 0.121. The lowest BCUT2D eigenvalue weighted by Gasteiger charge is -2.29. The van der Waals surface area contributed by atoms with Crippen molar-refractivity contribution in [3.05, 3.63) is 12.7 Å². The Hall–Kier alpha value is -0.830. The van der Waals surface area contributed by atoms with Crippen LogP contribution < -0.4 is 5.32 Å². The van der Waals surface area contributed by atoms with Crippen molar-refractivity contribution in [2.45, 2.75) is 31.7 Å². The molecule has 84 valence electrons. The molecule has 0 atom stereocenters. The molecule has 0 radical (unpaired) electrons. The molecular weight excluding hydrogens is 188 g/mol. The van der Waals surface area contributed by atoms with Gasteiger partial charge in [0.25, 0.3) is 0 Å².